The number of methoxy groups -OCH3 is 1. The first-order valence-corrected chi connectivity index (χ1v) is 21.1. The molecule has 8 rings (SSSR count). The van der Waals surface area contributed by atoms with Crippen LogP contribution in [-0.4, -0.2) is 95.2 Å². The fourth-order valence-corrected chi connectivity index (χ4v) is 8.51. The quantitative estimate of drug-likeness (QED) is 0.144. The third-order valence-corrected chi connectivity index (χ3v) is 12.0. The molecule has 0 spiro atoms. The number of likely N-dealkylation sites (tertiary alicyclic amines) is 2. The maximum absolute atomic E-state index is 13.4. The van der Waals surface area contributed by atoms with E-state index in [0.717, 1.165) is 78.7 Å². The van der Waals surface area contributed by atoms with Gasteiger partial charge in [0.2, 0.25) is 11.8 Å². The van der Waals surface area contributed by atoms with Crippen LogP contribution in [0.3, 0.4) is 0 Å². The van der Waals surface area contributed by atoms with Gasteiger partial charge in [0.05, 0.1) is 34.1 Å². The first kappa shape index (κ1) is 44.2. The summed E-state index contributed by atoms with van der Waals surface area (Å²) in [6, 6.07) is 13.0. The summed E-state index contributed by atoms with van der Waals surface area (Å²) >= 11 is 12.0. The second-order valence-corrected chi connectivity index (χ2v) is 15.8. The summed E-state index contributed by atoms with van der Waals surface area (Å²) in [7, 11) is 1.59. The molecule has 2 fully saturated rings. The van der Waals surface area contributed by atoms with Gasteiger partial charge in [0, 0.05) is 96.9 Å². The molecule has 2 N–H and O–H groups in total. The number of carbonyl (C=O) groups excluding carboxylic acids is 2. The van der Waals surface area contributed by atoms with E-state index in [1.165, 1.54) is 18.5 Å². The summed E-state index contributed by atoms with van der Waals surface area (Å²) in [4.78, 5) is 44.7. The second kappa shape index (κ2) is 19.5. The highest BCUT2D eigenvalue weighted by Crippen LogP contribution is 2.43. The Morgan fingerprint density at radius 3 is 1.56 bits per heavy atom. The molecule has 6 heterocycles. The summed E-state index contributed by atoms with van der Waals surface area (Å²) in [6.45, 7) is 6.49. The number of piperidine rings is 2. The number of nitrogens with zero attached hydrogens (tertiary/aromatic N) is 8. The third-order valence-electron chi connectivity index (χ3n) is 11.4. The number of hydrogen-bond acceptors (Lipinski definition) is 9. The summed E-state index contributed by atoms with van der Waals surface area (Å²) < 4.78 is 45.7. The van der Waals surface area contributed by atoms with Crippen molar-refractivity contribution in [1.82, 2.24) is 50.1 Å². The molecule has 0 saturated carbocycles. The van der Waals surface area contributed by atoms with Gasteiger partial charge in [0.25, 0.3) is 0 Å². The molecule has 2 aliphatic heterocycles. The van der Waals surface area contributed by atoms with Crippen molar-refractivity contribution in [3.8, 4) is 50.8 Å². The topological polar surface area (TPSA) is 159 Å². The van der Waals surface area contributed by atoms with Crippen molar-refractivity contribution in [2.45, 2.75) is 70.4 Å². The van der Waals surface area contributed by atoms with Crippen LogP contribution in [0.25, 0.3) is 45.0 Å². The lowest BCUT2D eigenvalue weighted by Gasteiger charge is -2.31. The van der Waals surface area contributed by atoms with Crippen LogP contribution in [0.1, 0.15) is 81.2 Å². The average molecular weight is 890 g/mol. The fourth-order valence-electron chi connectivity index (χ4n) is 8.09. The minimum Gasteiger partial charge on any atom is -0.495 e. The minimum atomic E-state index is -4.58. The number of rotatable bonds is 9. The smallest absolute Gasteiger partial charge is 0.417 e. The van der Waals surface area contributed by atoms with Crippen LogP contribution in [0.5, 0.6) is 5.75 Å². The number of alkyl halides is 3. The third kappa shape index (κ3) is 9.60. The highest BCUT2D eigenvalue weighted by atomic mass is 35.5. The molecule has 6 aromatic rings. The van der Waals surface area contributed by atoms with Crippen LogP contribution < -0.4 is 4.74 Å². The molecule has 0 aliphatic carbocycles. The molecule has 13 nitrogen and oxygen atoms in total. The normalized spacial score (nSPS) is 15.0. The zero-order valence-electron chi connectivity index (χ0n) is 34.3. The number of amides is 2. The zero-order chi connectivity index (χ0) is 44.0. The summed E-state index contributed by atoms with van der Waals surface area (Å²) in [5.74, 6) is 1.26. The Morgan fingerprint density at radius 2 is 1.16 bits per heavy atom. The maximum atomic E-state index is 13.4. The number of aromatic nitrogens is 8. The highest BCUT2D eigenvalue weighted by Gasteiger charge is 2.35. The molecule has 2 saturated heterocycles. The van der Waals surface area contributed by atoms with Gasteiger partial charge in [-0.05, 0) is 62.1 Å². The molecule has 0 unspecified atom stereocenters. The monoisotopic (exact) mass is 888 g/mol. The van der Waals surface area contributed by atoms with E-state index < -0.39 is 11.7 Å². The molecule has 18 heteroatoms. The number of aromatic amines is 2. The predicted octanol–water partition coefficient (Wildman–Crippen LogP) is 9.63. The van der Waals surface area contributed by atoms with E-state index >= 15 is 0 Å². The molecule has 0 bridgehead atoms. The Balaban J connectivity index is 0.000000187. The van der Waals surface area contributed by atoms with Gasteiger partial charge in [0.1, 0.15) is 29.8 Å². The van der Waals surface area contributed by atoms with E-state index in [9.17, 15) is 22.8 Å². The van der Waals surface area contributed by atoms with Crippen LogP contribution in [0, 0.1) is 0 Å². The zero-order valence-corrected chi connectivity index (χ0v) is 35.9. The maximum Gasteiger partial charge on any atom is 0.417 e. The fraction of sp³-hybridized carbons (Fsp3) is 0.364. The van der Waals surface area contributed by atoms with Gasteiger partial charge >= 0.3 is 6.18 Å². The first-order chi connectivity index (χ1) is 29.9. The molecule has 2 aliphatic rings. The molecule has 4 aromatic heterocycles. The van der Waals surface area contributed by atoms with Gasteiger partial charge in [0.15, 0.2) is 0 Å². The summed E-state index contributed by atoms with van der Waals surface area (Å²) in [6.07, 6.45) is 5.88. The molecule has 2 amide bonds. The van der Waals surface area contributed by atoms with Gasteiger partial charge in [-0.2, -0.15) is 23.4 Å². The average Bonchev–Trinajstić information content (AvgIpc) is 3.95. The molecule has 2 aromatic carbocycles. The van der Waals surface area contributed by atoms with Crippen molar-refractivity contribution in [2.75, 3.05) is 33.3 Å². The Labute approximate surface area is 366 Å². The van der Waals surface area contributed by atoms with E-state index in [1.807, 2.05) is 47.9 Å². The standard InChI is InChI=1S/C22H21ClF3N5O.C22H24ClN5O2/c1-2-18(32)31-9-6-13(7-10-31)20-19(17-5-8-27-12-28-17)21(30-29-20)14-3-4-16(23)15(11-14)22(24,25)26;1-3-19(29)28-10-7-14(8-11-28)21-20(17-6-9-24-13-25-17)22(27-26-21)15-4-5-16(23)18(12-15)30-2/h3-5,8,11-13H,2,6-7,9-10H2,1H3,(H,29,30);4-6,9,12-14H,3,7-8,10-11H2,1-2H3,(H,26,27). The second-order valence-electron chi connectivity index (χ2n) is 15.0. The van der Waals surface area contributed by atoms with Crippen LogP contribution >= 0.6 is 23.2 Å². The van der Waals surface area contributed by atoms with Gasteiger partial charge < -0.3 is 14.5 Å². The molecular weight excluding hydrogens is 844 g/mol. The number of hydrogen-bond donors (Lipinski definition) is 2. The molecule has 62 heavy (non-hydrogen) atoms. The van der Waals surface area contributed by atoms with Crippen LogP contribution in [0.2, 0.25) is 10.0 Å². The number of carbonyl (C=O) groups is 2. The van der Waals surface area contributed by atoms with Gasteiger partial charge in [-0.15, -0.1) is 0 Å². The van der Waals surface area contributed by atoms with Crippen molar-refractivity contribution >= 4 is 35.0 Å². The molecular formula is C44H45Cl2F3N10O3. The number of ether oxygens (including phenoxy) is 1. The lowest BCUT2D eigenvalue weighted by Crippen LogP contribution is -2.37. The Kier molecular flexibility index (Phi) is 13.9. The lowest BCUT2D eigenvalue weighted by atomic mass is 9.88. The van der Waals surface area contributed by atoms with Crippen molar-refractivity contribution in [3.63, 3.8) is 0 Å². The van der Waals surface area contributed by atoms with E-state index in [2.05, 4.69) is 40.3 Å². The Bertz CT molecular complexity index is 2490. The molecule has 324 valence electrons. The summed E-state index contributed by atoms with van der Waals surface area (Å²) in [5.41, 5.74) is 6.25. The van der Waals surface area contributed by atoms with Crippen LogP contribution in [0.15, 0.2) is 73.6 Å². The van der Waals surface area contributed by atoms with E-state index in [1.54, 1.807) is 31.9 Å². The number of H-pyrrole nitrogens is 2. The van der Waals surface area contributed by atoms with Crippen LogP contribution in [0.4, 0.5) is 13.2 Å². The van der Waals surface area contributed by atoms with E-state index in [-0.39, 0.29) is 34.2 Å². The van der Waals surface area contributed by atoms with Crippen molar-refractivity contribution in [3.05, 3.63) is 101 Å². The van der Waals surface area contributed by atoms with E-state index in [4.69, 9.17) is 27.9 Å². The lowest BCUT2D eigenvalue weighted by molar-refractivity contribution is -0.137. The highest BCUT2D eigenvalue weighted by molar-refractivity contribution is 6.32. The molecule has 0 atom stereocenters. The Morgan fingerprint density at radius 1 is 0.710 bits per heavy atom. The van der Waals surface area contributed by atoms with Crippen molar-refractivity contribution < 1.29 is 27.5 Å². The summed E-state index contributed by atoms with van der Waals surface area (Å²) in [5, 5.41) is 15.5. The van der Waals surface area contributed by atoms with Gasteiger partial charge in [-0.3, -0.25) is 19.8 Å². The SMILES string of the molecule is CCC(=O)N1CCC(c2[nH]nc(-c3ccc(Cl)c(C(F)(F)F)c3)c2-c2ccncn2)CC1.CCC(=O)N1CCC(c2[nH]nc(-c3ccc(Cl)c(OC)c3)c2-c2ccncn2)CC1. The number of benzene rings is 2. The van der Waals surface area contributed by atoms with Crippen LogP contribution in [-0.2, 0) is 15.8 Å². The van der Waals surface area contributed by atoms with Crippen molar-refractivity contribution in [1.29, 1.82) is 0 Å². The Hall–Kier alpha value is -5.87. The molecule has 0 radical (unpaired) electrons. The van der Waals surface area contributed by atoms with Gasteiger partial charge in [-0.1, -0.05) is 49.2 Å². The largest absolute Gasteiger partial charge is 0.495 e. The van der Waals surface area contributed by atoms with E-state index in [0.29, 0.717) is 53.7 Å². The van der Waals surface area contributed by atoms with Crippen molar-refractivity contribution in [2.24, 2.45) is 0 Å². The van der Waals surface area contributed by atoms with Gasteiger partial charge in [-0.25, -0.2) is 19.9 Å². The predicted molar refractivity (Wildman–Crippen MR) is 229 cm³/mol. The number of halogens is 5. The number of nitrogens with one attached hydrogen (secondary N) is 2. The minimum absolute atomic E-state index is 0.0662. The first-order valence-electron chi connectivity index (χ1n) is 20.4.